The summed E-state index contributed by atoms with van der Waals surface area (Å²) in [7, 11) is 0. The van der Waals surface area contributed by atoms with Crippen LogP contribution < -0.4 is 0 Å². The van der Waals surface area contributed by atoms with Gasteiger partial charge in [0.15, 0.2) is 0 Å². The molecule has 8 rings (SSSR count). The van der Waals surface area contributed by atoms with Gasteiger partial charge in [0.05, 0.1) is 0 Å². The summed E-state index contributed by atoms with van der Waals surface area (Å²) in [4.78, 5) is 14.9. The Kier molecular flexibility index (Phi) is 14.6. The lowest BCUT2D eigenvalue weighted by Crippen LogP contribution is -2.32. The number of fused-ring (bicyclic) bond motifs is 2. The smallest absolute Gasteiger partial charge is 0.123 e. The van der Waals surface area contributed by atoms with Crippen LogP contribution in [0.5, 0.6) is 0 Å². The van der Waals surface area contributed by atoms with Gasteiger partial charge in [-0.3, -0.25) is 9.80 Å². The molecular weight excluding hydrogens is 692 g/mol. The molecule has 0 aliphatic carbocycles. The minimum atomic E-state index is -0.156. The molecule has 0 saturated carbocycles. The Bertz CT molecular complexity index is 1990. The summed E-state index contributed by atoms with van der Waals surface area (Å²) in [6.45, 7) is 8.64. The fourth-order valence-corrected chi connectivity index (χ4v) is 8.98. The highest BCUT2D eigenvalue weighted by Gasteiger charge is 2.26. The van der Waals surface area contributed by atoms with Gasteiger partial charge in [0.25, 0.3) is 0 Å². The van der Waals surface area contributed by atoms with Crippen molar-refractivity contribution in [2.24, 2.45) is 0 Å². The monoisotopic (exact) mass is 748 g/mol. The van der Waals surface area contributed by atoms with Crippen molar-refractivity contribution in [1.29, 1.82) is 0 Å². The molecule has 2 fully saturated rings. The second-order valence-electron chi connectivity index (χ2n) is 14.1. The van der Waals surface area contributed by atoms with E-state index in [0.29, 0.717) is 12.1 Å². The third-order valence-corrected chi connectivity index (χ3v) is 12.4. The van der Waals surface area contributed by atoms with Gasteiger partial charge < -0.3 is 9.97 Å². The Labute approximate surface area is 325 Å². The molecule has 4 nitrogen and oxygen atoms in total. The number of aromatic amines is 2. The van der Waals surface area contributed by atoms with Gasteiger partial charge in [-0.1, -0.05) is 56.3 Å². The Morgan fingerprint density at radius 3 is 1.57 bits per heavy atom. The largest absolute Gasteiger partial charge is 0.361 e. The van der Waals surface area contributed by atoms with Gasteiger partial charge in [0, 0.05) is 69.2 Å². The van der Waals surface area contributed by atoms with Gasteiger partial charge in [0.2, 0.25) is 0 Å². The number of rotatable bonds is 12. The maximum Gasteiger partial charge on any atom is 0.123 e. The summed E-state index contributed by atoms with van der Waals surface area (Å²) < 4.78 is 13.1. The molecule has 7 heteroatoms. The zero-order valence-corrected chi connectivity index (χ0v) is 33.7. The van der Waals surface area contributed by atoms with Crippen molar-refractivity contribution >= 4 is 45.3 Å². The van der Waals surface area contributed by atoms with E-state index in [1.807, 2.05) is 37.7 Å². The number of nitrogens with one attached hydrogen (secondary N) is 2. The van der Waals surface area contributed by atoms with Crippen molar-refractivity contribution in [2.45, 2.75) is 87.1 Å². The summed E-state index contributed by atoms with van der Waals surface area (Å²) in [6, 6.07) is 32.5. The number of halogens is 1. The lowest BCUT2D eigenvalue weighted by Gasteiger charge is -2.24. The third-order valence-electron chi connectivity index (χ3n) is 11.0. The normalized spacial score (nSPS) is 17.5. The lowest BCUT2D eigenvalue weighted by molar-refractivity contribution is 0.256. The highest BCUT2D eigenvalue weighted by Crippen LogP contribution is 2.30. The van der Waals surface area contributed by atoms with E-state index in [4.69, 9.17) is 0 Å². The number of nitrogens with zero attached hydrogens (tertiary/aromatic N) is 2. The van der Waals surface area contributed by atoms with E-state index in [1.54, 1.807) is 23.9 Å². The Hall–Kier alpha value is -3.49. The predicted octanol–water partition coefficient (Wildman–Crippen LogP) is 11.4. The summed E-state index contributed by atoms with van der Waals surface area (Å²) in [6.07, 6.45) is 18.3. The molecule has 0 bridgehead atoms. The number of aromatic nitrogens is 2. The molecule has 2 aliphatic heterocycles. The van der Waals surface area contributed by atoms with Crippen molar-refractivity contribution in [3.8, 4) is 0 Å². The molecule has 6 aromatic rings. The molecule has 280 valence electrons. The summed E-state index contributed by atoms with van der Waals surface area (Å²) in [5.41, 5.74) is 8.06. The van der Waals surface area contributed by atoms with Crippen molar-refractivity contribution in [1.82, 2.24) is 19.8 Å². The SMILES string of the molecule is CC.CSc1ccc2[nH]cc(CC3CCCN3CCc3ccc(F)cc3)c2c1.CSc1ccc2[nH]cc(CC3CCCN3CCc3ccccc3)c2c1. The van der Waals surface area contributed by atoms with Gasteiger partial charge >= 0.3 is 0 Å². The number of likely N-dealkylation sites (tertiary alicyclic amines) is 2. The van der Waals surface area contributed by atoms with Crippen LogP contribution in [0.15, 0.2) is 113 Å². The lowest BCUT2D eigenvalue weighted by atomic mass is 10.0. The minimum Gasteiger partial charge on any atom is -0.361 e. The van der Waals surface area contributed by atoms with E-state index >= 15 is 0 Å². The molecule has 2 unspecified atom stereocenters. The fraction of sp³-hybridized carbons (Fsp3) is 0.391. The summed E-state index contributed by atoms with van der Waals surface area (Å²) >= 11 is 3.62. The van der Waals surface area contributed by atoms with Gasteiger partial charge in [-0.2, -0.15) is 0 Å². The molecule has 2 atom stereocenters. The highest BCUT2D eigenvalue weighted by atomic mass is 32.2. The van der Waals surface area contributed by atoms with E-state index in [9.17, 15) is 4.39 Å². The van der Waals surface area contributed by atoms with Gasteiger partial charge in [-0.05, 0) is 148 Å². The second kappa shape index (κ2) is 19.7. The van der Waals surface area contributed by atoms with E-state index in [0.717, 1.165) is 32.2 Å². The summed E-state index contributed by atoms with van der Waals surface area (Å²) in [5.74, 6) is -0.156. The standard InChI is InChI=1S/C22H25FN2S.C22H26N2S.C2H6/c1-26-20-8-9-22-21(14-20)17(15-24-22)13-19-3-2-11-25(19)12-10-16-4-6-18(23)7-5-16;1-25-20-9-10-22-21(15-20)18(16-23-22)14-19-8-5-12-24(19)13-11-17-6-3-2-4-7-17;1-2/h4-9,14-15,19,24H,2-3,10-13H2,1H3;2-4,6-7,9-10,15-16,19,23H,5,8,11-14H2,1H3;1-2H3. The Morgan fingerprint density at radius 2 is 1.09 bits per heavy atom. The number of H-pyrrole nitrogens is 2. The maximum absolute atomic E-state index is 13.1. The van der Waals surface area contributed by atoms with E-state index in [1.165, 1.54) is 99.2 Å². The van der Waals surface area contributed by atoms with Crippen LogP contribution in [0.2, 0.25) is 0 Å². The molecule has 2 aliphatic rings. The molecule has 0 radical (unpaired) electrons. The highest BCUT2D eigenvalue weighted by molar-refractivity contribution is 7.98. The first-order valence-electron chi connectivity index (χ1n) is 19.6. The van der Waals surface area contributed by atoms with Crippen LogP contribution in [0, 0.1) is 5.82 Å². The van der Waals surface area contributed by atoms with Crippen LogP contribution in [0.1, 0.15) is 61.8 Å². The first-order chi connectivity index (χ1) is 26.1. The quantitative estimate of drug-likeness (QED) is 0.122. The summed E-state index contributed by atoms with van der Waals surface area (Å²) in [5, 5.41) is 2.77. The van der Waals surface area contributed by atoms with Crippen molar-refractivity contribution < 1.29 is 4.39 Å². The second-order valence-corrected chi connectivity index (χ2v) is 15.9. The van der Waals surface area contributed by atoms with Crippen LogP contribution >= 0.6 is 23.5 Å². The minimum absolute atomic E-state index is 0.156. The average molecular weight is 749 g/mol. The molecule has 2 N–H and O–H groups in total. The maximum atomic E-state index is 13.1. The molecule has 4 heterocycles. The van der Waals surface area contributed by atoms with Crippen molar-refractivity contribution in [2.75, 3.05) is 38.7 Å². The fourth-order valence-electron chi connectivity index (χ4n) is 8.10. The number of benzene rings is 4. The van der Waals surface area contributed by atoms with Crippen LogP contribution in [-0.4, -0.2) is 70.5 Å². The van der Waals surface area contributed by atoms with Crippen molar-refractivity contribution in [3.63, 3.8) is 0 Å². The van der Waals surface area contributed by atoms with E-state index in [2.05, 4.69) is 111 Å². The predicted molar refractivity (Wildman–Crippen MR) is 228 cm³/mol. The average Bonchev–Trinajstić information content (AvgIpc) is 4.03. The molecule has 53 heavy (non-hydrogen) atoms. The van der Waals surface area contributed by atoms with Crippen LogP contribution in [0.25, 0.3) is 21.8 Å². The number of hydrogen-bond donors (Lipinski definition) is 2. The van der Waals surface area contributed by atoms with Crippen LogP contribution in [0.4, 0.5) is 4.39 Å². The van der Waals surface area contributed by atoms with E-state index in [-0.39, 0.29) is 5.82 Å². The number of hydrogen-bond acceptors (Lipinski definition) is 4. The Balaban J connectivity index is 0.000000173. The van der Waals surface area contributed by atoms with Gasteiger partial charge in [-0.25, -0.2) is 4.39 Å². The molecule has 2 saturated heterocycles. The molecule has 2 aromatic heterocycles. The van der Waals surface area contributed by atoms with Crippen LogP contribution in [-0.2, 0) is 25.7 Å². The van der Waals surface area contributed by atoms with Gasteiger partial charge in [0.1, 0.15) is 5.82 Å². The molecule has 0 spiro atoms. The van der Waals surface area contributed by atoms with Crippen LogP contribution in [0.3, 0.4) is 0 Å². The molecule has 4 aromatic carbocycles. The number of thioether (sulfide) groups is 2. The molecule has 0 amide bonds. The third kappa shape index (κ3) is 10.4. The van der Waals surface area contributed by atoms with E-state index < -0.39 is 0 Å². The first-order valence-corrected chi connectivity index (χ1v) is 22.1. The first kappa shape index (κ1) is 39.2. The zero-order valence-electron chi connectivity index (χ0n) is 32.0. The van der Waals surface area contributed by atoms with Crippen molar-refractivity contribution in [3.05, 3.63) is 131 Å². The zero-order chi connectivity index (χ0) is 37.0. The van der Waals surface area contributed by atoms with Gasteiger partial charge in [-0.15, -0.1) is 23.5 Å². The Morgan fingerprint density at radius 1 is 0.623 bits per heavy atom. The molecular formula is C46H57FN4S2. The topological polar surface area (TPSA) is 38.1 Å².